The summed E-state index contributed by atoms with van der Waals surface area (Å²) < 4.78 is 0. The van der Waals surface area contributed by atoms with E-state index in [1.807, 2.05) is 42.6 Å². The predicted octanol–water partition coefficient (Wildman–Crippen LogP) is 6.71. The number of carbonyl (C=O) groups is 1. The first-order valence-corrected chi connectivity index (χ1v) is 9.98. The van der Waals surface area contributed by atoms with Gasteiger partial charge in [-0.1, -0.05) is 51.2 Å². The summed E-state index contributed by atoms with van der Waals surface area (Å²) in [5, 5.41) is 6.85. The number of nitrogens with one attached hydrogen (secondary N) is 3. The van der Waals surface area contributed by atoms with Crippen LogP contribution in [0.2, 0.25) is 0 Å². The largest absolute Gasteiger partial charge is 0.361 e. The lowest BCUT2D eigenvalue weighted by Crippen LogP contribution is -2.19. The highest BCUT2D eigenvalue weighted by Gasteiger charge is 2.04. The van der Waals surface area contributed by atoms with Crippen molar-refractivity contribution in [2.45, 2.75) is 51.9 Å². The van der Waals surface area contributed by atoms with Gasteiger partial charge in [0.1, 0.15) is 0 Å². The molecule has 4 heteroatoms. The van der Waals surface area contributed by atoms with Crippen LogP contribution in [0.25, 0.3) is 10.9 Å². The highest BCUT2D eigenvalue weighted by atomic mass is 16.2. The molecule has 27 heavy (non-hydrogen) atoms. The second-order valence-electron chi connectivity index (χ2n) is 7.07. The van der Waals surface area contributed by atoms with Crippen molar-refractivity contribution in [3.63, 3.8) is 0 Å². The zero-order valence-corrected chi connectivity index (χ0v) is 16.1. The Morgan fingerprint density at radius 3 is 2.37 bits per heavy atom. The molecule has 0 aliphatic carbocycles. The Morgan fingerprint density at radius 2 is 1.56 bits per heavy atom. The summed E-state index contributed by atoms with van der Waals surface area (Å²) in [7, 11) is 0. The molecule has 1 heterocycles. The van der Waals surface area contributed by atoms with Gasteiger partial charge in [0.05, 0.1) is 0 Å². The molecule has 3 rings (SSSR count). The van der Waals surface area contributed by atoms with E-state index in [0.717, 1.165) is 28.7 Å². The number of H-pyrrole nitrogens is 1. The summed E-state index contributed by atoms with van der Waals surface area (Å²) in [5.74, 6) is 0. The maximum Gasteiger partial charge on any atom is 0.323 e. The number of urea groups is 1. The lowest BCUT2D eigenvalue weighted by molar-refractivity contribution is 0.262. The predicted molar refractivity (Wildman–Crippen MR) is 114 cm³/mol. The van der Waals surface area contributed by atoms with E-state index in [4.69, 9.17) is 0 Å². The number of rotatable bonds is 9. The van der Waals surface area contributed by atoms with Gasteiger partial charge in [-0.3, -0.25) is 0 Å². The number of carbonyl (C=O) groups excluding carboxylic acids is 1. The van der Waals surface area contributed by atoms with E-state index < -0.39 is 0 Å². The van der Waals surface area contributed by atoms with Crippen LogP contribution in [0.4, 0.5) is 16.2 Å². The average molecular weight is 364 g/mol. The fourth-order valence-corrected chi connectivity index (χ4v) is 3.29. The van der Waals surface area contributed by atoms with Crippen molar-refractivity contribution in [3.05, 3.63) is 60.3 Å². The Hall–Kier alpha value is -2.75. The average Bonchev–Trinajstić information content (AvgIpc) is 3.13. The maximum atomic E-state index is 12.2. The van der Waals surface area contributed by atoms with Crippen LogP contribution < -0.4 is 10.6 Å². The minimum absolute atomic E-state index is 0.228. The zero-order chi connectivity index (χ0) is 18.9. The van der Waals surface area contributed by atoms with Crippen LogP contribution in [-0.2, 0) is 6.42 Å². The lowest BCUT2D eigenvalue weighted by Gasteiger charge is -2.09. The number of aromatic amines is 1. The van der Waals surface area contributed by atoms with Crippen molar-refractivity contribution in [3.8, 4) is 0 Å². The number of hydrogen-bond donors (Lipinski definition) is 3. The molecule has 2 amide bonds. The van der Waals surface area contributed by atoms with Crippen LogP contribution in [0.15, 0.2) is 54.7 Å². The number of aryl methyl sites for hydroxylation is 1. The molecule has 3 aromatic rings. The third kappa shape index (κ3) is 5.88. The minimum atomic E-state index is -0.228. The Labute approximate surface area is 161 Å². The Kier molecular flexibility index (Phi) is 6.91. The summed E-state index contributed by atoms with van der Waals surface area (Å²) in [4.78, 5) is 15.4. The first kappa shape index (κ1) is 19.0. The fraction of sp³-hybridized carbons (Fsp3) is 0.348. The van der Waals surface area contributed by atoms with Gasteiger partial charge in [-0.05, 0) is 54.8 Å². The molecule has 0 saturated carbocycles. The van der Waals surface area contributed by atoms with Gasteiger partial charge in [0, 0.05) is 28.5 Å². The van der Waals surface area contributed by atoms with Crippen LogP contribution >= 0.6 is 0 Å². The molecule has 0 radical (unpaired) electrons. The second kappa shape index (κ2) is 9.81. The highest BCUT2D eigenvalue weighted by molar-refractivity contribution is 6.00. The molecule has 2 aromatic carbocycles. The first-order valence-electron chi connectivity index (χ1n) is 9.98. The van der Waals surface area contributed by atoms with E-state index in [0.29, 0.717) is 0 Å². The van der Waals surface area contributed by atoms with Crippen molar-refractivity contribution < 1.29 is 4.79 Å². The number of aromatic nitrogens is 1. The fourth-order valence-electron chi connectivity index (χ4n) is 3.29. The third-order valence-electron chi connectivity index (χ3n) is 4.84. The molecule has 0 fully saturated rings. The summed E-state index contributed by atoms with van der Waals surface area (Å²) in [6.07, 6.45) is 10.9. The Bertz CT molecular complexity index is 851. The number of anilines is 2. The van der Waals surface area contributed by atoms with E-state index in [1.165, 1.54) is 44.1 Å². The van der Waals surface area contributed by atoms with E-state index in [9.17, 15) is 4.79 Å². The quantitative estimate of drug-likeness (QED) is 0.363. The molecule has 0 spiro atoms. The van der Waals surface area contributed by atoms with Crippen LogP contribution in [-0.4, -0.2) is 11.0 Å². The Morgan fingerprint density at radius 1 is 0.852 bits per heavy atom. The summed E-state index contributed by atoms with van der Waals surface area (Å²) in [6.45, 7) is 2.25. The summed E-state index contributed by atoms with van der Waals surface area (Å²) in [5.41, 5.74) is 3.97. The van der Waals surface area contributed by atoms with Gasteiger partial charge in [0.25, 0.3) is 0 Å². The van der Waals surface area contributed by atoms with E-state index in [2.05, 4.69) is 34.7 Å². The summed E-state index contributed by atoms with van der Waals surface area (Å²) >= 11 is 0. The van der Waals surface area contributed by atoms with Gasteiger partial charge < -0.3 is 15.6 Å². The van der Waals surface area contributed by atoms with Gasteiger partial charge in [-0.2, -0.15) is 0 Å². The summed E-state index contributed by atoms with van der Waals surface area (Å²) in [6, 6.07) is 15.7. The molecular weight excluding hydrogens is 334 g/mol. The SMILES string of the molecule is CCCCCCCCc1ccc(NC(=O)Nc2ccc3[nH]ccc3c2)cc1. The molecule has 0 bridgehead atoms. The van der Waals surface area contributed by atoms with E-state index in [1.54, 1.807) is 0 Å². The smallest absolute Gasteiger partial charge is 0.323 e. The van der Waals surface area contributed by atoms with Crippen molar-refractivity contribution in [1.82, 2.24) is 4.98 Å². The number of fused-ring (bicyclic) bond motifs is 1. The van der Waals surface area contributed by atoms with Gasteiger partial charge in [0.2, 0.25) is 0 Å². The van der Waals surface area contributed by atoms with Gasteiger partial charge >= 0.3 is 6.03 Å². The molecular formula is C23H29N3O. The van der Waals surface area contributed by atoms with Crippen LogP contribution in [0.5, 0.6) is 0 Å². The van der Waals surface area contributed by atoms with Crippen molar-refractivity contribution in [1.29, 1.82) is 0 Å². The number of unbranched alkanes of at least 4 members (excludes halogenated alkanes) is 5. The van der Waals surface area contributed by atoms with Crippen LogP contribution in [0.3, 0.4) is 0 Å². The van der Waals surface area contributed by atoms with Crippen LogP contribution in [0.1, 0.15) is 51.0 Å². The van der Waals surface area contributed by atoms with Gasteiger partial charge in [-0.15, -0.1) is 0 Å². The van der Waals surface area contributed by atoms with Crippen molar-refractivity contribution in [2.75, 3.05) is 10.6 Å². The van der Waals surface area contributed by atoms with Gasteiger partial charge in [-0.25, -0.2) is 4.79 Å². The highest BCUT2D eigenvalue weighted by Crippen LogP contribution is 2.18. The third-order valence-corrected chi connectivity index (χ3v) is 4.84. The minimum Gasteiger partial charge on any atom is -0.361 e. The number of benzene rings is 2. The molecule has 0 aliphatic heterocycles. The topological polar surface area (TPSA) is 56.9 Å². The number of hydrogen-bond acceptors (Lipinski definition) is 1. The molecule has 1 aromatic heterocycles. The van der Waals surface area contributed by atoms with Crippen molar-refractivity contribution >= 4 is 28.3 Å². The molecule has 0 saturated heterocycles. The van der Waals surface area contributed by atoms with Gasteiger partial charge in [0.15, 0.2) is 0 Å². The standard InChI is InChI=1S/C23H29N3O/c1-2-3-4-5-6-7-8-18-9-11-20(12-10-18)25-23(27)26-21-13-14-22-19(17-21)15-16-24-22/h9-17,24H,2-8H2,1H3,(H2,25,26,27). The molecule has 142 valence electrons. The van der Waals surface area contributed by atoms with Crippen LogP contribution in [0, 0.1) is 0 Å². The molecule has 0 aliphatic rings. The maximum absolute atomic E-state index is 12.2. The number of amides is 2. The van der Waals surface area contributed by atoms with Crippen molar-refractivity contribution in [2.24, 2.45) is 0 Å². The normalized spacial score (nSPS) is 10.9. The molecule has 3 N–H and O–H groups in total. The monoisotopic (exact) mass is 363 g/mol. The lowest BCUT2D eigenvalue weighted by atomic mass is 10.0. The zero-order valence-electron chi connectivity index (χ0n) is 16.1. The molecule has 0 atom stereocenters. The first-order chi connectivity index (χ1) is 13.2. The molecule has 0 unspecified atom stereocenters. The van der Waals surface area contributed by atoms with E-state index in [-0.39, 0.29) is 6.03 Å². The molecule has 4 nitrogen and oxygen atoms in total. The van der Waals surface area contributed by atoms with E-state index >= 15 is 0 Å². The second-order valence-corrected chi connectivity index (χ2v) is 7.07. The Balaban J connectivity index is 1.43.